The van der Waals surface area contributed by atoms with E-state index in [0.29, 0.717) is 28.5 Å². The summed E-state index contributed by atoms with van der Waals surface area (Å²) < 4.78 is 4.27. The summed E-state index contributed by atoms with van der Waals surface area (Å²) in [5.41, 5.74) is 0.0808. The molecule has 0 radical (unpaired) electrons. The minimum atomic E-state index is -0.569. The number of aliphatic imine (C=N–C) groups is 1. The Balaban J connectivity index is 1.29. The highest BCUT2D eigenvalue weighted by Crippen LogP contribution is 2.20. The number of H-pyrrole nitrogens is 2. The second-order valence-electron chi connectivity index (χ2n) is 9.64. The van der Waals surface area contributed by atoms with Gasteiger partial charge in [-0.25, -0.2) is 14.6 Å². The predicted molar refractivity (Wildman–Crippen MR) is 158 cm³/mol. The number of benzene rings is 1. The van der Waals surface area contributed by atoms with Crippen LogP contribution in [0.1, 0.15) is 29.5 Å². The Kier molecular flexibility index (Phi) is 8.95. The fraction of sp³-hybridized carbons (Fsp3) is 0.250. The second kappa shape index (κ2) is 12.8. The zero-order chi connectivity index (χ0) is 30.4. The summed E-state index contributed by atoms with van der Waals surface area (Å²) in [6.45, 7) is 3.41. The molecule has 0 spiro atoms. The molecular weight excluding hydrogens is 544 g/mol. The molecule has 4 rings (SSSR count). The van der Waals surface area contributed by atoms with Gasteiger partial charge in [0.15, 0.2) is 0 Å². The van der Waals surface area contributed by atoms with Gasteiger partial charge in [-0.15, -0.1) is 0 Å². The van der Waals surface area contributed by atoms with Crippen LogP contribution in [0.4, 0.5) is 17.3 Å². The Bertz CT molecular complexity index is 1890. The lowest BCUT2D eigenvalue weighted by Crippen LogP contribution is -2.31. The van der Waals surface area contributed by atoms with Crippen LogP contribution in [0.2, 0.25) is 0 Å². The number of aromatic nitrogens is 5. The third-order valence-corrected chi connectivity index (χ3v) is 6.44. The summed E-state index contributed by atoms with van der Waals surface area (Å²) in [6, 6.07) is 10.5. The Morgan fingerprint density at radius 1 is 0.786 bits per heavy atom. The maximum Gasteiger partial charge on any atom is 0.328 e. The molecule has 3 aromatic heterocycles. The molecule has 0 saturated heterocycles. The second-order valence-corrected chi connectivity index (χ2v) is 9.64. The molecule has 0 aliphatic heterocycles. The first-order valence-corrected chi connectivity index (χ1v) is 13.0. The van der Waals surface area contributed by atoms with E-state index in [1.165, 1.54) is 21.5 Å². The Morgan fingerprint density at radius 2 is 1.31 bits per heavy atom. The van der Waals surface area contributed by atoms with Crippen molar-refractivity contribution in [1.82, 2.24) is 23.7 Å². The van der Waals surface area contributed by atoms with Crippen molar-refractivity contribution in [1.29, 1.82) is 0 Å². The molecule has 4 aromatic rings. The molecular formula is C28H30N8O6. The predicted octanol–water partition coefficient (Wildman–Crippen LogP) is 1.15. The molecule has 0 fully saturated rings. The number of rotatable bonds is 10. The third-order valence-electron chi connectivity index (χ3n) is 6.44. The molecule has 42 heavy (non-hydrogen) atoms. The summed E-state index contributed by atoms with van der Waals surface area (Å²) >= 11 is 0. The standard InChI is InChI=1S/C28H30N8O6/c1-17-15-35(27(41)32-25(17)39)12-10-23(37)30-20-6-4-19(5-7-20)14-29-21-8-9-22(34(21)3)31-24(38)11-13-36-16-18(2)26(40)33-28(36)42/h4-9,14-16H,10-13H2,1-3H3,(H,30,37)(H,31,38)(H,32,39,41)(H,33,40,42)/b29-14+. The molecule has 218 valence electrons. The van der Waals surface area contributed by atoms with Crippen LogP contribution >= 0.6 is 0 Å². The van der Waals surface area contributed by atoms with Gasteiger partial charge in [-0.1, -0.05) is 12.1 Å². The average molecular weight is 575 g/mol. The molecule has 0 aliphatic rings. The average Bonchev–Trinajstić information content (AvgIpc) is 3.29. The molecule has 2 amide bonds. The number of nitrogens with one attached hydrogen (secondary N) is 4. The minimum Gasteiger partial charge on any atom is -0.326 e. The van der Waals surface area contributed by atoms with Crippen LogP contribution in [-0.2, 0) is 29.7 Å². The van der Waals surface area contributed by atoms with E-state index in [-0.39, 0.29) is 37.7 Å². The number of carbonyl (C=O) groups is 2. The van der Waals surface area contributed by atoms with E-state index in [4.69, 9.17) is 0 Å². The zero-order valence-corrected chi connectivity index (χ0v) is 23.3. The van der Waals surface area contributed by atoms with Crippen molar-refractivity contribution in [2.24, 2.45) is 12.0 Å². The molecule has 0 saturated carbocycles. The number of aromatic amines is 2. The smallest absolute Gasteiger partial charge is 0.326 e. The third kappa shape index (κ3) is 7.35. The first-order valence-electron chi connectivity index (χ1n) is 13.0. The van der Waals surface area contributed by atoms with Crippen LogP contribution < -0.4 is 33.1 Å². The van der Waals surface area contributed by atoms with Crippen molar-refractivity contribution in [3.63, 3.8) is 0 Å². The van der Waals surface area contributed by atoms with Crippen LogP contribution in [0.3, 0.4) is 0 Å². The van der Waals surface area contributed by atoms with Crippen LogP contribution in [0, 0.1) is 13.8 Å². The van der Waals surface area contributed by atoms with E-state index in [0.717, 1.165) is 5.56 Å². The first-order chi connectivity index (χ1) is 20.0. The summed E-state index contributed by atoms with van der Waals surface area (Å²) in [4.78, 5) is 80.4. The highest BCUT2D eigenvalue weighted by Gasteiger charge is 2.10. The Hall–Kier alpha value is -5.53. The number of aryl methyl sites for hydroxylation is 4. The number of anilines is 2. The van der Waals surface area contributed by atoms with Gasteiger partial charge in [0.25, 0.3) is 11.1 Å². The lowest BCUT2D eigenvalue weighted by molar-refractivity contribution is -0.117. The van der Waals surface area contributed by atoms with Gasteiger partial charge in [-0.3, -0.25) is 38.3 Å². The van der Waals surface area contributed by atoms with Gasteiger partial charge in [0.2, 0.25) is 11.8 Å². The molecule has 14 heteroatoms. The fourth-order valence-electron chi connectivity index (χ4n) is 3.99. The zero-order valence-electron chi connectivity index (χ0n) is 23.3. The van der Waals surface area contributed by atoms with Crippen molar-refractivity contribution in [3.8, 4) is 0 Å². The number of carbonyl (C=O) groups excluding carboxylic acids is 2. The Morgan fingerprint density at radius 3 is 1.86 bits per heavy atom. The highest BCUT2D eigenvalue weighted by molar-refractivity contribution is 5.92. The summed E-state index contributed by atoms with van der Waals surface area (Å²) in [5.74, 6) is 0.518. The molecule has 14 nitrogen and oxygen atoms in total. The quantitative estimate of drug-likeness (QED) is 0.206. The highest BCUT2D eigenvalue weighted by atomic mass is 16.2. The molecule has 4 N–H and O–H groups in total. The summed E-state index contributed by atoms with van der Waals surface area (Å²) in [5, 5.41) is 5.56. The van der Waals surface area contributed by atoms with Gasteiger partial charge in [-0.05, 0) is 43.7 Å². The lowest BCUT2D eigenvalue weighted by atomic mass is 10.2. The SMILES string of the molecule is Cc1cn(CCC(=O)Nc2ccc(/C=N/c3ccc(NC(=O)CCn4cc(C)c(=O)[nH]c4=O)n3C)cc2)c(=O)[nH]c1=O. The van der Waals surface area contributed by atoms with Crippen molar-refractivity contribution < 1.29 is 9.59 Å². The number of hydrogen-bond donors (Lipinski definition) is 4. The number of nitrogens with zero attached hydrogens (tertiary/aromatic N) is 4. The van der Waals surface area contributed by atoms with Crippen molar-refractivity contribution >= 4 is 35.4 Å². The maximum absolute atomic E-state index is 12.4. The monoisotopic (exact) mass is 574 g/mol. The summed E-state index contributed by atoms with van der Waals surface area (Å²) in [6.07, 6.45) is 4.57. The largest absolute Gasteiger partial charge is 0.328 e. The molecule has 0 unspecified atom stereocenters. The fourth-order valence-corrected chi connectivity index (χ4v) is 3.99. The van der Waals surface area contributed by atoms with E-state index in [9.17, 15) is 28.8 Å². The summed E-state index contributed by atoms with van der Waals surface area (Å²) in [7, 11) is 1.75. The van der Waals surface area contributed by atoms with E-state index in [1.807, 2.05) is 0 Å². The van der Waals surface area contributed by atoms with Gasteiger partial charge >= 0.3 is 11.4 Å². The molecule has 0 aliphatic carbocycles. The normalized spacial score (nSPS) is 11.1. The van der Waals surface area contributed by atoms with Gasteiger partial charge in [0, 0.05) is 68.4 Å². The van der Waals surface area contributed by atoms with Crippen LogP contribution in [0.15, 0.2) is 73.0 Å². The van der Waals surface area contributed by atoms with E-state index in [1.54, 1.807) is 68.1 Å². The van der Waals surface area contributed by atoms with Gasteiger partial charge < -0.3 is 15.2 Å². The van der Waals surface area contributed by atoms with Crippen molar-refractivity contribution in [3.05, 3.63) is 107 Å². The van der Waals surface area contributed by atoms with E-state index >= 15 is 0 Å². The molecule has 1 aromatic carbocycles. The molecule has 3 heterocycles. The lowest BCUT2D eigenvalue weighted by Gasteiger charge is -2.09. The van der Waals surface area contributed by atoms with E-state index < -0.39 is 22.5 Å². The van der Waals surface area contributed by atoms with Crippen LogP contribution in [0.25, 0.3) is 0 Å². The van der Waals surface area contributed by atoms with Crippen LogP contribution in [-0.4, -0.2) is 41.7 Å². The van der Waals surface area contributed by atoms with Gasteiger partial charge in [0.05, 0.1) is 0 Å². The molecule has 0 bridgehead atoms. The number of hydrogen-bond acceptors (Lipinski definition) is 7. The van der Waals surface area contributed by atoms with Gasteiger partial charge in [0.1, 0.15) is 11.6 Å². The topological polar surface area (TPSA) is 185 Å². The number of amides is 2. The Labute approximate surface area is 238 Å². The minimum absolute atomic E-state index is 0.0311. The molecule has 0 atom stereocenters. The van der Waals surface area contributed by atoms with Crippen LogP contribution in [0.5, 0.6) is 0 Å². The van der Waals surface area contributed by atoms with Crippen molar-refractivity contribution in [2.75, 3.05) is 10.6 Å². The van der Waals surface area contributed by atoms with E-state index in [2.05, 4.69) is 25.6 Å². The first kappa shape index (κ1) is 29.5. The maximum atomic E-state index is 12.4. The van der Waals surface area contributed by atoms with Gasteiger partial charge in [-0.2, -0.15) is 0 Å². The van der Waals surface area contributed by atoms with Crippen molar-refractivity contribution in [2.45, 2.75) is 39.8 Å².